The van der Waals surface area contributed by atoms with Crippen molar-refractivity contribution < 1.29 is 9.57 Å². The lowest BCUT2D eigenvalue weighted by Crippen LogP contribution is -2.61. The molecule has 1 unspecified atom stereocenters. The van der Waals surface area contributed by atoms with E-state index >= 15 is 0 Å². The van der Waals surface area contributed by atoms with Crippen molar-refractivity contribution in [1.29, 1.82) is 0 Å². The summed E-state index contributed by atoms with van der Waals surface area (Å²) in [7, 11) is 1.91. The van der Waals surface area contributed by atoms with Crippen molar-refractivity contribution in [2.75, 3.05) is 13.7 Å². The lowest BCUT2D eigenvalue weighted by atomic mass is 10.0. The Labute approximate surface area is 158 Å². The molecule has 5 nitrogen and oxygen atoms in total. The molecule has 0 aliphatic carbocycles. The van der Waals surface area contributed by atoms with E-state index in [1.807, 2.05) is 13.2 Å². The SMILES string of the molecule is CNC(NO[C@H]1CCCCO1)C(C)(C)NC=Cc1ccc(I)cc1. The third kappa shape index (κ3) is 6.33. The van der Waals surface area contributed by atoms with E-state index in [4.69, 9.17) is 9.57 Å². The molecule has 1 fully saturated rings. The zero-order valence-corrected chi connectivity index (χ0v) is 16.8. The molecule has 134 valence electrons. The minimum absolute atomic E-state index is 0.0654. The number of rotatable bonds is 8. The van der Waals surface area contributed by atoms with Gasteiger partial charge in [-0.05, 0) is 86.3 Å². The maximum absolute atomic E-state index is 5.70. The van der Waals surface area contributed by atoms with Crippen LogP contribution in [0.4, 0.5) is 0 Å². The highest BCUT2D eigenvalue weighted by Crippen LogP contribution is 2.14. The number of ether oxygens (including phenoxy) is 1. The quantitative estimate of drug-likeness (QED) is 0.326. The molecule has 0 radical (unpaired) electrons. The standard InChI is InChI=1S/C18H28IN3O2/c1-18(2,21-12-11-14-7-9-15(19)10-8-14)17(20-3)22-24-16-6-4-5-13-23-16/h7-12,16-17,20-22H,4-6,13H2,1-3H3/t16-,17?/m0/s1. The van der Waals surface area contributed by atoms with Gasteiger partial charge in [-0.2, -0.15) is 5.48 Å². The van der Waals surface area contributed by atoms with E-state index in [0.717, 1.165) is 25.9 Å². The van der Waals surface area contributed by atoms with Crippen LogP contribution in [0.3, 0.4) is 0 Å². The molecule has 1 aliphatic rings. The minimum Gasteiger partial charge on any atom is -0.383 e. The molecule has 1 aromatic rings. The highest BCUT2D eigenvalue weighted by molar-refractivity contribution is 14.1. The molecule has 1 aliphatic heterocycles. The molecule has 1 aromatic carbocycles. The van der Waals surface area contributed by atoms with E-state index in [1.165, 1.54) is 9.13 Å². The average Bonchev–Trinajstić information content (AvgIpc) is 2.58. The van der Waals surface area contributed by atoms with E-state index < -0.39 is 0 Å². The van der Waals surface area contributed by atoms with Crippen LogP contribution in [0.5, 0.6) is 0 Å². The Kier molecular flexibility index (Phi) is 7.96. The first kappa shape index (κ1) is 19.7. The van der Waals surface area contributed by atoms with Crippen molar-refractivity contribution in [1.82, 2.24) is 16.1 Å². The molecule has 2 atom stereocenters. The molecule has 6 heteroatoms. The fourth-order valence-electron chi connectivity index (χ4n) is 2.53. The number of hydroxylamine groups is 1. The van der Waals surface area contributed by atoms with Gasteiger partial charge < -0.3 is 15.4 Å². The van der Waals surface area contributed by atoms with Crippen molar-refractivity contribution in [2.45, 2.75) is 51.1 Å². The molecule has 3 N–H and O–H groups in total. The molecule has 24 heavy (non-hydrogen) atoms. The van der Waals surface area contributed by atoms with Crippen molar-refractivity contribution in [3.8, 4) is 0 Å². The summed E-state index contributed by atoms with van der Waals surface area (Å²) in [5.74, 6) is 0. The van der Waals surface area contributed by atoms with Crippen molar-refractivity contribution in [3.05, 3.63) is 39.6 Å². The summed E-state index contributed by atoms with van der Waals surface area (Å²) in [6.07, 6.45) is 7.02. The third-order valence-corrected chi connectivity index (χ3v) is 4.79. The van der Waals surface area contributed by atoms with Crippen LogP contribution in [-0.2, 0) is 9.57 Å². The highest BCUT2D eigenvalue weighted by Gasteiger charge is 2.28. The zero-order chi connectivity index (χ0) is 17.4. The van der Waals surface area contributed by atoms with Crippen LogP contribution in [0.15, 0.2) is 30.5 Å². The summed E-state index contributed by atoms with van der Waals surface area (Å²) in [5, 5.41) is 6.68. The van der Waals surface area contributed by atoms with E-state index in [0.29, 0.717) is 0 Å². The molecule has 2 rings (SSSR count). The molecule has 1 saturated heterocycles. The summed E-state index contributed by atoms with van der Waals surface area (Å²) in [5.41, 5.74) is 4.02. The van der Waals surface area contributed by atoms with Gasteiger partial charge in [0.1, 0.15) is 6.17 Å². The van der Waals surface area contributed by atoms with Gasteiger partial charge in [-0.15, -0.1) is 0 Å². The summed E-state index contributed by atoms with van der Waals surface area (Å²) in [6.45, 7) is 5.01. The number of nitrogens with one attached hydrogen (secondary N) is 3. The summed E-state index contributed by atoms with van der Waals surface area (Å²) >= 11 is 2.31. The lowest BCUT2D eigenvalue weighted by Gasteiger charge is -2.36. The number of hydrogen-bond acceptors (Lipinski definition) is 5. The Morgan fingerprint density at radius 3 is 2.67 bits per heavy atom. The van der Waals surface area contributed by atoms with Gasteiger partial charge in [0.15, 0.2) is 6.29 Å². The topological polar surface area (TPSA) is 54.5 Å². The Hall–Kier alpha value is -0.670. The molecule has 0 bridgehead atoms. The summed E-state index contributed by atoms with van der Waals surface area (Å²) in [6, 6.07) is 8.40. The van der Waals surface area contributed by atoms with Crippen molar-refractivity contribution in [2.24, 2.45) is 0 Å². The van der Waals surface area contributed by atoms with Crippen LogP contribution >= 0.6 is 22.6 Å². The van der Waals surface area contributed by atoms with E-state index in [-0.39, 0.29) is 18.0 Å². The van der Waals surface area contributed by atoms with Crippen molar-refractivity contribution >= 4 is 28.7 Å². The number of hydrogen-bond donors (Lipinski definition) is 3. The van der Waals surface area contributed by atoms with Gasteiger partial charge in [-0.25, -0.2) is 0 Å². The van der Waals surface area contributed by atoms with Crippen molar-refractivity contribution in [3.63, 3.8) is 0 Å². The summed E-state index contributed by atoms with van der Waals surface area (Å²) in [4.78, 5) is 5.70. The van der Waals surface area contributed by atoms with Gasteiger partial charge in [0.05, 0.1) is 5.54 Å². The number of likely N-dealkylation sites (N-methyl/N-ethyl adjacent to an activating group) is 1. The van der Waals surface area contributed by atoms with Crippen LogP contribution in [0.2, 0.25) is 0 Å². The predicted molar refractivity (Wildman–Crippen MR) is 106 cm³/mol. The molecule has 0 amide bonds. The van der Waals surface area contributed by atoms with Crippen LogP contribution in [0, 0.1) is 3.57 Å². The monoisotopic (exact) mass is 445 g/mol. The summed E-state index contributed by atoms with van der Waals surface area (Å²) < 4.78 is 6.82. The van der Waals surface area contributed by atoms with E-state index in [9.17, 15) is 0 Å². The number of halogens is 1. The second kappa shape index (κ2) is 9.72. The highest BCUT2D eigenvalue weighted by atomic mass is 127. The third-order valence-electron chi connectivity index (χ3n) is 4.07. The van der Waals surface area contributed by atoms with Crippen LogP contribution in [-0.4, -0.2) is 31.6 Å². The smallest absolute Gasteiger partial charge is 0.177 e. The largest absolute Gasteiger partial charge is 0.383 e. The predicted octanol–water partition coefficient (Wildman–Crippen LogP) is 3.22. The fourth-order valence-corrected chi connectivity index (χ4v) is 2.88. The van der Waals surface area contributed by atoms with Crippen LogP contribution in [0.25, 0.3) is 6.08 Å². The van der Waals surface area contributed by atoms with E-state index in [1.54, 1.807) is 0 Å². The molecular formula is C18H28IN3O2. The lowest BCUT2D eigenvalue weighted by molar-refractivity contribution is -0.208. The second-order valence-corrected chi connectivity index (χ2v) is 7.75. The Bertz CT molecular complexity index is 514. The molecule has 0 spiro atoms. The maximum atomic E-state index is 5.70. The first-order chi connectivity index (χ1) is 11.5. The second-order valence-electron chi connectivity index (χ2n) is 6.50. The van der Waals surface area contributed by atoms with Crippen LogP contribution in [0.1, 0.15) is 38.7 Å². The minimum atomic E-state index is -0.247. The molecule has 0 saturated carbocycles. The van der Waals surface area contributed by atoms with Gasteiger partial charge in [-0.3, -0.25) is 4.84 Å². The Morgan fingerprint density at radius 1 is 1.29 bits per heavy atom. The van der Waals surface area contributed by atoms with Gasteiger partial charge in [0.2, 0.25) is 0 Å². The number of benzene rings is 1. The average molecular weight is 445 g/mol. The van der Waals surface area contributed by atoms with Gasteiger partial charge in [0.25, 0.3) is 0 Å². The maximum Gasteiger partial charge on any atom is 0.177 e. The molecule has 0 aromatic heterocycles. The van der Waals surface area contributed by atoms with Crippen LogP contribution < -0.4 is 16.1 Å². The normalized spacial score (nSPS) is 20.2. The van der Waals surface area contributed by atoms with Gasteiger partial charge in [-0.1, -0.05) is 12.1 Å². The Morgan fingerprint density at radius 2 is 2.04 bits per heavy atom. The zero-order valence-electron chi connectivity index (χ0n) is 14.6. The van der Waals surface area contributed by atoms with Gasteiger partial charge >= 0.3 is 0 Å². The first-order valence-corrected chi connectivity index (χ1v) is 9.49. The fraction of sp³-hybridized carbons (Fsp3) is 0.556. The first-order valence-electron chi connectivity index (χ1n) is 8.41. The van der Waals surface area contributed by atoms with E-state index in [2.05, 4.69) is 82.9 Å². The van der Waals surface area contributed by atoms with Gasteiger partial charge in [0, 0.05) is 16.6 Å². The molecule has 1 heterocycles. The Balaban J connectivity index is 1.84. The molecular weight excluding hydrogens is 417 g/mol.